The molecule has 1 spiro atoms. The molecule has 2 fully saturated rings. The summed E-state index contributed by atoms with van der Waals surface area (Å²) in [5.74, 6) is -0.552. The molecular formula is C16H16N4O5. The summed E-state index contributed by atoms with van der Waals surface area (Å²) in [4.78, 5) is 47.1. The first kappa shape index (κ1) is 16.6. The summed E-state index contributed by atoms with van der Waals surface area (Å²) < 4.78 is 0. The minimum Gasteiger partial charge on any atom is -0.339 e. The van der Waals surface area contributed by atoms with Gasteiger partial charge in [0.25, 0.3) is 11.6 Å². The summed E-state index contributed by atoms with van der Waals surface area (Å²) in [6.45, 7) is 0.717. The molecule has 0 bridgehead atoms. The van der Waals surface area contributed by atoms with Gasteiger partial charge >= 0.3 is 6.03 Å². The highest BCUT2D eigenvalue weighted by atomic mass is 16.6. The molecule has 0 saturated carbocycles. The molecular weight excluding hydrogens is 328 g/mol. The Bertz CT molecular complexity index is 763. The van der Waals surface area contributed by atoms with Gasteiger partial charge in [-0.2, -0.15) is 0 Å². The van der Waals surface area contributed by atoms with E-state index >= 15 is 0 Å². The fraction of sp³-hybridized carbons (Fsp3) is 0.312. The molecule has 9 nitrogen and oxygen atoms in total. The maximum absolute atomic E-state index is 12.2. The third-order valence-corrected chi connectivity index (χ3v) is 4.47. The van der Waals surface area contributed by atoms with Crippen LogP contribution in [0.25, 0.3) is 6.08 Å². The van der Waals surface area contributed by atoms with Crippen LogP contribution in [0.1, 0.15) is 18.4 Å². The van der Waals surface area contributed by atoms with Crippen molar-refractivity contribution in [2.24, 2.45) is 0 Å². The van der Waals surface area contributed by atoms with Gasteiger partial charge in [0.15, 0.2) is 0 Å². The molecule has 2 aliphatic rings. The quantitative estimate of drug-likeness (QED) is 0.364. The summed E-state index contributed by atoms with van der Waals surface area (Å²) in [6.07, 6.45) is 3.70. The van der Waals surface area contributed by atoms with E-state index in [0.29, 0.717) is 31.5 Å². The number of nitro groups is 1. The number of hydrogen-bond acceptors (Lipinski definition) is 5. The van der Waals surface area contributed by atoms with Crippen molar-refractivity contribution in [2.45, 2.75) is 18.4 Å². The second kappa shape index (κ2) is 6.34. The molecule has 0 aliphatic carbocycles. The van der Waals surface area contributed by atoms with E-state index in [1.54, 1.807) is 23.1 Å². The molecule has 1 aromatic carbocycles. The number of piperidine rings is 1. The zero-order valence-corrected chi connectivity index (χ0v) is 13.2. The van der Waals surface area contributed by atoms with Gasteiger partial charge < -0.3 is 10.2 Å². The van der Waals surface area contributed by atoms with Crippen LogP contribution in [0.4, 0.5) is 10.5 Å². The lowest BCUT2D eigenvalue weighted by molar-refractivity contribution is -0.384. The number of nitro benzene ring substituents is 1. The number of nitrogens with zero attached hydrogens (tertiary/aromatic N) is 2. The number of imide groups is 1. The summed E-state index contributed by atoms with van der Waals surface area (Å²) in [7, 11) is 0. The highest BCUT2D eigenvalue weighted by Gasteiger charge is 2.48. The van der Waals surface area contributed by atoms with Gasteiger partial charge in [0.2, 0.25) is 5.91 Å². The van der Waals surface area contributed by atoms with E-state index in [9.17, 15) is 24.5 Å². The first-order chi connectivity index (χ1) is 11.9. The Morgan fingerprint density at radius 2 is 1.84 bits per heavy atom. The topological polar surface area (TPSA) is 122 Å². The first-order valence-corrected chi connectivity index (χ1v) is 7.75. The maximum atomic E-state index is 12.2. The lowest BCUT2D eigenvalue weighted by Crippen LogP contribution is -2.55. The zero-order chi connectivity index (χ0) is 18.0. The number of nitrogens with one attached hydrogen (secondary N) is 2. The van der Waals surface area contributed by atoms with Crippen LogP contribution in [0.3, 0.4) is 0 Å². The number of hydrogen-bond donors (Lipinski definition) is 2. The highest BCUT2D eigenvalue weighted by molar-refractivity contribution is 6.07. The maximum Gasteiger partial charge on any atom is 0.322 e. The van der Waals surface area contributed by atoms with Crippen LogP contribution in [0.5, 0.6) is 0 Å². The van der Waals surface area contributed by atoms with E-state index < -0.39 is 16.5 Å². The minimum atomic E-state index is -0.907. The van der Waals surface area contributed by atoms with Crippen molar-refractivity contribution in [3.8, 4) is 0 Å². The van der Waals surface area contributed by atoms with E-state index in [2.05, 4.69) is 10.6 Å². The Kier molecular flexibility index (Phi) is 4.22. The van der Waals surface area contributed by atoms with E-state index in [-0.39, 0.29) is 17.5 Å². The van der Waals surface area contributed by atoms with Gasteiger partial charge in [0, 0.05) is 31.3 Å². The standard InChI is InChI=1S/C16H16N4O5/c21-13(6-3-11-1-4-12(5-2-11)20(24)25)19-9-7-16(8-10-19)14(22)17-15(23)18-16/h1-6H,7-10H2,(H2,17,18,22,23)/b6-3+. The first-order valence-electron chi connectivity index (χ1n) is 7.75. The molecule has 2 aliphatic heterocycles. The third-order valence-electron chi connectivity index (χ3n) is 4.47. The molecule has 2 N–H and O–H groups in total. The van der Waals surface area contributed by atoms with Gasteiger partial charge in [-0.05, 0) is 36.6 Å². The molecule has 4 amide bonds. The van der Waals surface area contributed by atoms with Crippen molar-refractivity contribution in [1.29, 1.82) is 0 Å². The van der Waals surface area contributed by atoms with Crippen molar-refractivity contribution in [3.63, 3.8) is 0 Å². The highest BCUT2D eigenvalue weighted by Crippen LogP contribution is 2.25. The number of likely N-dealkylation sites (tertiary alicyclic amines) is 1. The van der Waals surface area contributed by atoms with Crippen molar-refractivity contribution in [3.05, 3.63) is 46.0 Å². The van der Waals surface area contributed by atoms with Crippen LogP contribution >= 0.6 is 0 Å². The van der Waals surface area contributed by atoms with Gasteiger partial charge in [-0.3, -0.25) is 25.0 Å². The fourth-order valence-corrected chi connectivity index (χ4v) is 2.97. The molecule has 1 aromatic rings. The Balaban J connectivity index is 1.58. The fourth-order valence-electron chi connectivity index (χ4n) is 2.97. The zero-order valence-electron chi connectivity index (χ0n) is 13.2. The normalized spacial score (nSPS) is 19.1. The van der Waals surface area contributed by atoms with E-state index in [1.165, 1.54) is 18.2 Å². The summed E-state index contributed by atoms with van der Waals surface area (Å²) in [5.41, 5.74) is -0.243. The molecule has 2 heterocycles. The predicted molar refractivity (Wildman–Crippen MR) is 87.3 cm³/mol. The number of non-ortho nitro benzene ring substituents is 1. The minimum absolute atomic E-state index is 0.0123. The number of amides is 4. The van der Waals surface area contributed by atoms with Crippen molar-refractivity contribution >= 4 is 29.6 Å². The van der Waals surface area contributed by atoms with Crippen LogP contribution in [0, 0.1) is 10.1 Å². The van der Waals surface area contributed by atoms with Gasteiger partial charge in [0.1, 0.15) is 5.54 Å². The molecule has 130 valence electrons. The van der Waals surface area contributed by atoms with Crippen molar-refractivity contribution in [2.75, 3.05) is 13.1 Å². The molecule has 9 heteroatoms. The monoisotopic (exact) mass is 344 g/mol. The average Bonchev–Trinajstić information content (AvgIpc) is 2.87. The Hall–Kier alpha value is -3.23. The van der Waals surface area contributed by atoms with E-state index in [1.807, 2.05) is 0 Å². The number of urea groups is 1. The number of carbonyl (C=O) groups excluding carboxylic acids is 3. The molecule has 3 rings (SSSR count). The lowest BCUT2D eigenvalue weighted by Gasteiger charge is -2.36. The van der Waals surface area contributed by atoms with Gasteiger partial charge in [0.05, 0.1) is 4.92 Å². The van der Waals surface area contributed by atoms with Crippen LogP contribution < -0.4 is 10.6 Å². The number of benzene rings is 1. The smallest absolute Gasteiger partial charge is 0.322 e. The number of rotatable bonds is 3. The van der Waals surface area contributed by atoms with Crippen molar-refractivity contribution < 1.29 is 19.3 Å². The van der Waals surface area contributed by atoms with Gasteiger partial charge in [-0.1, -0.05) is 0 Å². The predicted octanol–water partition coefficient (Wildman–Crippen LogP) is 0.809. The molecule has 0 atom stereocenters. The van der Waals surface area contributed by atoms with Gasteiger partial charge in [-0.15, -0.1) is 0 Å². The SMILES string of the molecule is O=C1NC(=O)C2(CCN(C(=O)/C=C/c3ccc([N+](=O)[O-])cc3)CC2)N1. The van der Waals surface area contributed by atoms with E-state index in [0.717, 1.165) is 0 Å². The van der Waals surface area contributed by atoms with Crippen LogP contribution in [0.15, 0.2) is 30.3 Å². The average molecular weight is 344 g/mol. The molecule has 0 unspecified atom stereocenters. The second-order valence-electron chi connectivity index (χ2n) is 6.00. The largest absolute Gasteiger partial charge is 0.339 e. The van der Waals surface area contributed by atoms with Gasteiger partial charge in [-0.25, -0.2) is 4.79 Å². The summed E-state index contributed by atoms with van der Waals surface area (Å²) in [6, 6.07) is 5.37. The van der Waals surface area contributed by atoms with Crippen molar-refractivity contribution in [1.82, 2.24) is 15.5 Å². The lowest BCUT2D eigenvalue weighted by atomic mass is 9.87. The van der Waals surface area contributed by atoms with Crippen LogP contribution in [-0.2, 0) is 9.59 Å². The molecule has 0 aromatic heterocycles. The molecule has 0 radical (unpaired) electrons. The third kappa shape index (κ3) is 3.35. The summed E-state index contributed by atoms with van der Waals surface area (Å²) in [5, 5.41) is 15.5. The molecule has 25 heavy (non-hydrogen) atoms. The van der Waals surface area contributed by atoms with Crippen LogP contribution in [0.2, 0.25) is 0 Å². The Morgan fingerprint density at radius 1 is 1.20 bits per heavy atom. The Morgan fingerprint density at radius 3 is 2.36 bits per heavy atom. The van der Waals surface area contributed by atoms with Crippen LogP contribution in [-0.4, -0.2) is 46.3 Å². The Labute approximate surface area is 142 Å². The number of carbonyl (C=O) groups is 3. The molecule has 2 saturated heterocycles. The second-order valence-corrected chi connectivity index (χ2v) is 6.00. The van der Waals surface area contributed by atoms with E-state index in [4.69, 9.17) is 0 Å². The summed E-state index contributed by atoms with van der Waals surface area (Å²) >= 11 is 0.